The van der Waals surface area contributed by atoms with Crippen LogP contribution in [0.2, 0.25) is 0 Å². The number of carbonyl (C=O) groups excluding carboxylic acids is 3. The monoisotopic (exact) mass is 544 g/mol. The number of rotatable bonds is 9. The van der Waals surface area contributed by atoms with Crippen LogP contribution in [-0.2, 0) is 24.3 Å². The maximum atomic E-state index is 13.8. The second-order valence-electron chi connectivity index (χ2n) is 7.97. The molecule has 1 N–H and O–H groups in total. The average molecular weight is 545 g/mol. The number of halogens is 1. The second kappa shape index (κ2) is 11.7. The van der Waals surface area contributed by atoms with Gasteiger partial charge in [-0.1, -0.05) is 6.07 Å². The molecule has 0 heterocycles. The van der Waals surface area contributed by atoms with Gasteiger partial charge in [-0.25, -0.2) is 22.4 Å². The third-order valence-electron chi connectivity index (χ3n) is 5.35. The number of anilines is 2. The van der Waals surface area contributed by atoms with Gasteiger partial charge in [0.1, 0.15) is 23.0 Å². The molecule has 0 radical (unpaired) electrons. The molecule has 3 rings (SSSR count). The first-order chi connectivity index (χ1) is 18.0. The molecule has 200 valence electrons. The van der Waals surface area contributed by atoms with E-state index in [1.807, 2.05) is 0 Å². The van der Waals surface area contributed by atoms with Crippen molar-refractivity contribution in [2.24, 2.45) is 0 Å². The Morgan fingerprint density at radius 1 is 0.868 bits per heavy atom. The zero-order valence-corrected chi connectivity index (χ0v) is 21.8. The molecule has 0 spiro atoms. The number of aryl methyl sites for hydroxylation is 1. The van der Waals surface area contributed by atoms with Gasteiger partial charge < -0.3 is 19.5 Å². The quantitative estimate of drug-likeness (QED) is 0.405. The fraction of sp³-hybridized carbons (Fsp3) is 0.192. The Bertz CT molecular complexity index is 1440. The van der Waals surface area contributed by atoms with Crippen molar-refractivity contribution in [2.45, 2.75) is 11.8 Å². The van der Waals surface area contributed by atoms with Gasteiger partial charge in [-0.05, 0) is 67.1 Å². The van der Waals surface area contributed by atoms with E-state index in [1.54, 1.807) is 13.0 Å². The molecule has 0 atom stereocenters. The first-order valence-corrected chi connectivity index (χ1v) is 12.5. The van der Waals surface area contributed by atoms with Gasteiger partial charge in [0.2, 0.25) is 5.91 Å². The summed E-state index contributed by atoms with van der Waals surface area (Å²) in [7, 11) is -0.784. The van der Waals surface area contributed by atoms with E-state index < -0.39 is 40.2 Å². The van der Waals surface area contributed by atoms with Gasteiger partial charge in [-0.15, -0.1) is 0 Å². The summed E-state index contributed by atoms with van der Waals surface area (Å²) in [6.45, 7) is 0.960. The highest BCUT2D eigenvalue weighted by Crippen LogP contribution is 2.31. The van der Waals surface area contributed by atoms with Gasteiger partial charge in [0, 0.05) is 5.69 Å². The normalized spacial score (nSPS) is 10.9. The SMILES string of the molecule is COC(=O)c1cc(NC(=O)CN(c2ccc(F)cc2)S(=O)(=O)c2cc(C)ccc2OC)cc(C(=O)OC)c1. The van der Waals surface area contributed by atoms with Crippen LogP contribution in [0.4, 0.5) is 15.8 Å². The molecule has 0 fully saturated rings. The fourth-order valence-electron chi connectivity index (χ4n) is 3.53. The highest BCUT2D eigenvalue weighted by atomic mass is 32.2. The smallest absolute Gasteiger partial charge is 0.337 e. The van der Waals surface area contributed by atoms with Gasteiger partial charge >= 0.3 is 11.9 Å². The Morgan fingerprint density at radius 3 is 1.97 bits per heavy atom. The lowest BCUT2D eigenvalue weighted by Gasteiger charge is -2.25. The van der Waals surface area contributed by atoms with E-state index in [4.69, 9.17) is 4.74 Å². The predicted molar refractivity (Wildman–Crippen MR) is 136 cm³/mol. The van der Waals surface area contributed by atoms with Crippen LogP contribution in [0.25, 0.3) is 0 Å². The molecule has 0 unspecified atom stereocenters. The summed E-state index contributed by atoms with van der Waals surface area (Å²) >= 11 is 0. The molecular weight excluding hydrogens is 519 g/mol. The molecule has 10 nitrogen and oxygen atoms in total. The number of amides is 1. The van der Waals surface area contributed by atoms with Gasteiger partial charge in [0.25, 0.3) is 10.0 Å². The van der Waals surface area contributed by atoms with Crippen LogP contribution in [0.5, 0.6) is 5.75 Å². The van der Waals surface area contributed by atoms with Crippen molar-refractivity contribution in [1.82, 2.24) is 0 Å². The molecule has 0 aliphatic heterocycles. The number of hydrogen-bond acceptors (Lipinski definition) is 8. The van der Waals surface area contributed by atoms with Crippen LogP contribution in [0, 0.1) is 12.7 Å². The van der Waals surface area contributed by atoms with Gasteiger partial charge in [0.15, 0.2) is 0 Å². The summed E-state index contributed by atoms with van der Waals surface area (Å²) in [5.41, 5.74) is 0.575. The van der Waals surface area contributed by atoms with Crippen LogP contribution in [0.1, 0.15) is 26.3 Å². The largest absolute Gasteiger partial charge is 0.495 e. The third kappa shape index (κ3) is 6.27. The Hall–Kier alpha value is -4.45. The number of nitrogens with zero attached hydrogens (tertiary/aromatic N) is 1. The summed E-state index contributed by atoms with van der Waals surface area (Å²) in [5, 5.41) is 2.49. The van der Waals surface area contributed by atoms with E-state index in [2.05, 4.69) is 14.8 Å². The number of hydrogen-bond donors (Lipinski definition) is 1. The Balaban J connectivity index is 2.03. The van der Waals surface area contributed by atoms with Crippen molar-refractivity contribution in [3.05, 3.63) is 83.2 Å². The molecule has 0 aromatic heterocycles. The van der Waals surface area contributed by atoms with Crippen molar-refractivity contribution in [1.29, 1.82) is 0 Å². The summed E-state index contributed by atoms with van der Waals surface area (Å²) in [6, 6.07) is 12.9. The molecule has 3 aromatic carbocycles. The fourth-order valence-corrected chi connectivity index (χ4v) is 5.19. The van der Waals surface area contributed by atoms with Gasteiger partial charge in [-0.2, -0.15) is 0 Å². The standard InChI is InChI=1S/C26H25FN2O8S/c1-16-5-10-22(35-2)23(11-16)38(33,34)29(21-8-6-19(27)7-9-21)15-24(30)28-20-13-17(25(31)36-3)12-18(14-20)26(32)37-4/h5-14H,15H2,1-4H3,(H,28,30). The first-order valence-electron chi connectivity index (χ1n) is 11.0. The van der Waals surface area contributed by atoms with E-state index in [1.165, 1.54) is 49.6 Å². The van der Waals surface area contributed by atoms with Crippen LogP contribution in [0.15, 0.2) is 65.6 Å². The summed E-state index contributed by atoms with van der Waals surface area (Å²) < 4.78 is 56.5. The highest BCUT2D eigenvalue weighted by molar-refractivity contribution is 7.93. The van der Waals surface area contributed by atoms with Crippen molar-refractivity contribution in [3.8, 4) is 5.75 Å². The lowest BCUT2D eigenvalue weighted by Crippen LogP contribution is -2.38. The number of nitrogens with one attached hydrogen (secondary N) is 1. The number of sulfonamides is 1. The average Bonchev–Trinajstić information content (AvgIpc) is 2.91. The molecule has 0 saturated heterocycles. The first kappa shape index (κ1) is 28.1. The minimum Gasteiger partial charge on any atom is -0.495 e. The van der Waals surface area contributed by atoms with Gasteiger partial charge in [0.05, 0.1) is 38.1 Å². The highest BCUT2D eigenvalue weighted by Gasteiger charge is 2.30. The zero-order chi connectivity index (χ0) is 28.0. The van der Waals surface area contributed by atoms with Crippen LogP contribution in [-0.4, -0.2) is 54.1 Å². The Labute approximate surface area is 219 Å². The van der Waals surface area contributed by atoms with Crippen molar-refractivity contribution in [3.63, 3.8) is 0 Å². The zero-order valence-electron chi connectivity index (χ0n) is 21.0. The number of ether oxygens (including phenoxy) is 3. The molecule has 38 heavy (non-hydrogen) atoms. The van der Waals surface area contributed by atoms with Crippen LogP contribution < -0.4 is 14.4 Å². The summed E-state index contributed by atoms with van der Waals surface area (Å²) in [5.74, 6) is -2.90. The van der Waals surface area contributed by atoms with Crippen molar-refractivity contribution in [2.75, 3.05) is 37.5 Å². The molecule has 0 saturated carbocycles. The molecule has 0 bridgehead atoms. The van der Waals surface area contributed by atoms with E-state index in [0.29, 0.717) is 5.56 Å². The number of methoxy groups -OCH3 is 3. The van der Waals surface area contributed by atoms with Crippen molar-refractivity contribution < 1.29 is 41.4 Å². The van der Waals surface area contributed by atoms with Crippen LogP contribution in [0.3, 0.4) is 0 Å². The maximum absolute atomic E-state index is 13.8. The summed E-state index contributed by atoms with van der Waals surface area (Å²) in [6.07, 6.45) is 0. The van der Waals surface area contributed by atoms with Gasteiger partial charge in [-0.3, -0.25) is 9.10 Å². The Kier molecular flexibility index (Phi) is 8.68. The summed E-state index contributed by atoms with van der Waals surface area (Å²) in [4.78, 5) is 37.0. The lowest BCUT2D eigenvalue weighted by molar-refractivity contribution is -0.114. The minimum absolute atomic E-state index is 0.0166. The van der Waals surface area contributed by atoms with E-state index in [0.717, 1.165) is 30.7 Å². The molecule has 12 heteroatoms. The second-order valence-corrected chi connectivity index (χ2v) is 9.80. The molecule has 0 aliphatic carbocycles. The number of benzene rings is 3. The predicted octanol–water partition coefficient (Wildman–Crippen LogP) is 3.55. The van der Waals surface area contributed by atoms with Crippen molar-refractivity contribution >= 4 is 39.2 Å². The molecule has 3 aromatic rings. The van der Waals surface area contributed by atoms with E-state index >= 15 is 0 Å². The number of esters is 2. The third-order valence-corrected chi connectivity index (χ3v) is 7.14. The van der Waals surface area contributed by atoms with Crippen LogP contribution >= 0.6 is 0 Å². The van der Waals surface area contributed by atoms with E-state index in [-0.39, 0.29) is 33.1 Å². The Morgan fingerprint density at radius 2 is 1.45 bits per heavy atom. The molecule has 1 amide bonds. The lowest BCUT2D eigenvalue weighted by atomic mass is 10.1. The van der Waals surface area contributed by atoms with E-state index in [9.17, 15) is 27.2 Å². The minimum atomic E-state index is -4.39. The topological polar surface area (TPSA) is 128 Å². The maximum Gasteiger partial charge on any atom is 0.337 e. The molecular formula is C26H25FN2O8S. The molecule has 0 aliphatic rings. The number of carbonyl (C=O) groups is 3.